The molecule has 0 bridgehead atoms. The lowest BCUT2D eigenvalue weighted by molar-refractivity contribution is -0.143. The van der Waals surface area contributed by atoms with Gasteiger partial charge >= 0.3 is 18.0 Å². The summed E-state index contributed by atoms with van der Waals surface area (Å²) in [4.78, 5) is 33.2. The van der Waals surface area contributed by atoms with Crippen molar-refractivity contribution in [2.24, 2.45) is 0 Å². The van der Waals surface area contributed by atoms with Crippen molar-refractivity contribution in [1.82, 2.24) is 10.6 Å². The Bertz CT molecular complexity index is 405. The van der Waals surface area contributed by atoms with Gasteiger partial charge in [0, 0.05) is 19.6 Å². The van der Waals surface area contributed by atoms with E-state index in [0.717, 1.165) is 32.2 Å². The molecule has 0 aliphatic carbocycles. The Morgan fingerprint density at radius 3 is 2.22 bits per heavy atom. The molecule has 0 aliphatic rings. The minimum Gasteiger partial charge on any atom is -0.481 e. The third kappa shape index (κ3) is 20.3. The summed E-state index contributed by atoms with van der Waals surface area (Å²) in [6, 6.07) is 0. The summed E-state index contributed by atoms with van der Waals surface area (Å²) in [6.45, 7) is 2.13. The third-order valence-corrected chi connectivity index (χ3v) is 3.67. The van der Waals surface area contributed by atoms with Crippen LogP contribution in [0.2, 0.25) is 0 Å². The molecule has 9 nitrogen and oxygen atoms in total. The van der Waals surface area contributed by atoms with E-state index >= 15 is 0 Å². The highest BCUT2D eigenvalue weighted by Crippen LogP contribution is 2.00. The topological polar surface area (TPSA) is 134 Å². The van der Waals surface area contributed by atoms with Crippen LogP contribution in [-0.4, -0.2) is 67.7 Å². The van der Waals surface area contributed by atoms with Crippen molar-refractivity contribution in [3.05, 3.63) is 0 Å². The standard InChI is InChI=1S/C18H34N2O7/c21-13-6-2-1-5-10-19-11-9-17(24)26-15-12-20-18(25)27-14-7-3-4-8-16(22)23/h19,21H,1-15H2,(H,20,25)(H,22,23). The van der Waals surface area contributed by atoms with Crippen LogP contribution in [0.3, 0.4) is 0 Å². The molecule has 0 saturated heterocycles. The van der Waals surface area contributed by atoms with Crippen LogP contribution in [0.25, 0.3) is 0 Å². The van der Waals surface area contributed by atoms with Crippen molar-refractivity contribution in [2.45, 2.75) is 57.8 Å². The summed E-state index contributed by atoms with van der Waals surface area (Å²) in [5.74, 6) is -1.15. The van der Waals surface area contributed by atoms with Gasteiger partial charge in [0.05, 0.1) is 19.6 Å². The number of aliphatic hydroxyl groups is 1. The number of alkyl carbamates (subject to hydrolysis) is 1. The average molecular weight is 390 g/mol. The van der Waals surface area contributed by atoms with E-state index in [1.54, 1.807) is 0 Å². The number of amides is 1. The van der Waals surface area contributed by atoms with Crippen LogP contribution in [0.5, 0.6) is 0 Å². The van der Waals surface area contributed by atoms with Gasteiger partial charge in [-0.25, -0.2) is 4.79 Å². The third-order valence-electron chi connectivity index (χ3n) is 3.67. The number of hydrogen-bond acceptors (Lipinski definition) is 7. The highest BCUT2D eigenvalue weighted by atomic mass is 16.6. The first kappa shape index (κ1) is 25.1. The Balaban J connectivity index is 3.34. The zero-order valence-electron chi connectivity index (χ0n) is 16.0. The minimum absolute atomic E-state index is 0.0910. The molecule has 0 spiro atoms. The molecule has 0 heterocycles. The first-order chi connectivity index (χ1) is 13.1. The van der Waals surface area contributed by atoms with Crippen LogP contribution in [0.1, 0.15) is 57.8 Å². The van der Waals surface area contributed by atoms with Crippen molar-refractivity contribution in [2.75, 3.05) is 39.5 Å². The summed E-state index contributed by atoms with van der Waals surface area (Å²) in [6.07, 6.45) is 5.61. The second-order valence-corrected chi connectivity index (χ2v) is 6.13. The molecular weight excluding hydrogens is 356 g/mol. The molecule has 4 N–H and O–H groups in total. The maximum Gasteiger partial charge on any atom is 0.407 e. The van der Waals surface area contributed by atoms with Gasteiger partial charge in [-0.05, 0) is 38.6 Å². The molecule has 0 fully saturated rings. The zero-order chi connectivity index (χ0) is 20.2. The van der Waals surface area contributed by atoms with Crippen molar-refractivity contribution in [1.29, 1.82) is 0 Å². The molecule has 0 rings (SSSR count). The number of nitrogens with one attached hydrogen (secondary N) is 2. The van der Waals surface area contributed by atoms with Gasteiger partial charge in [0.15, 0.2) is 0 Å². The minimum atomic E-state index is -0.826. The monoisotopic (exact) mass is 390 g/mol. The summed E-state index contributed by atoms with van der Waals surface area (Å²) >= 11 is 0. The first-order valence-corrected chi connectivity index (χ1v) is 9.66. The van der Waals surface area contributed by atoms with E-state index in [1.165, 1.54) is 0 Å². The fourth-order valence-electron chi connectivity index (χ4n) is 2.19. The number of unbranched alkanes of at least 4 members (excludes halogenated alkanes) is 5. The van der Waals surface area contributed by atoms with Crippen LogP contribution in [-0.2, 0) is 19.1 Å². The number of aliphatic carboxylic acids is 1. The normalized spacial score (nSPS) is 10.4. The highest BCUT2D eigenvalue weighted by molar-refractivity contribution is 5.70. The molecular formula is C18H34N2O7. The van der Waals surface area contributed by atoms with Crippen molar-refractivity contribution in [3.63, 3.8) is 0 Å². The number of hydrogen-bond donors (Lipinski definition) is 4. The van der Waals surface area contributed by atoms with Gasteiger partial charge < -0.3 is 30.3 Å². The number of carbonyl (C=O) groups is 3. The van der Waals surface area contributed by atoms with E-state index in [9.17, 15) is 14.4 Å². The van der Waals surface area contributed by atoms with Gasteiger partial charge in [-0.3, -0.25) is 9.59 Å². The molecule has 0 aliphatic heterocycles. The van der Waals surface area contributed by atoms with Gasteiger partial charge in [-0.2, -0.15) is 0 Å². The maximum atomic E-state index is 11.5. The number of carbonyl (C=O) groups excluding carboxylic acids is 2. The molecule has 158 valence electrons. The molecule has 0 aromatic rings. The van der Waals surface area contributed by atoms with E-state index in [0.29, 0.717) is 25.8 Å². The van der Waals surface area contributed by atoms with Crippen LogP contribution in [0.15, 0.2) is 0 Å². The van der Waals surface area contributed by atoms with E-state index in [4.69, 9.17) is 19.7 Å². The van der Waals surface area contributed by atoms with Gasteiger partial charge in [0.1, 0.15) is 6.61 Å². The molecule has 9 heteroatoms. The number of carboxylic acids is 1. The Kier molecular flexibility index (Phi) is 17.6. The van der Waals surface area contributed by atoms with E-state index in [1.807, 2.05) is 0 Å². The number of ether oxygens (including phenoxy) is 2. The summed E-state index contributed by atoms with van der Waals surface area (Å²) in [7, 11) is 0. The maximum absolute atomic E-state index is 11.5. The van der Waals surface area contributed by atoms with E-state index < -0.39 is 12.1 Å². The van der Waals surface area contributed by atoms with Crippen LogP contribution >= 0.6 is 0 Å². The molecule has 0 atom stereocenters. The number of carboxylic acid groups (broad SMARTS) is 1. The second kappa shape index (κ2) is 18.9. The summed E-state index contributed by atoms with van der Waals surface area (Å²) in [5, 5.41) is 22.8. The molecule has 0 unspecified atom stereocenters. The van der Waals surface area contributed by atoms with Gasteiger partial charge in [0.2, 0.25) is 0 Å². The van der Waals surface area contributed by atoms with Gasteiger partial charge in [0.25, 0.3) is 0 Å². The molecule has 0 aromatic heterocycles. The molecule has 0 radical (unpaired) electrons. The summed E-state index contributed by atoms with van der Waals surface area (Å²) in [5.41, 5.74) is 0. The van der Waals surface area contributed by atoms with E-state index in [-0.39, 0.29) is 45.2 Å². The lowest BCUT2D eigenvalue weighted by atomic mass is 10.2. The zero-order valence-corrected chi connectivity index (χ0v) is 16.0. The highest BCUT2D eigenvalue weighted by Gasteiger charge is 2.04. The second-order valence-electron chi connectivity index (χ2n) is 6.13. The predicted octanol–water partition coefficient (Wildman–Crippen LogP) is 1.43. The number of esters is 1. The van der Waals surface area contributed by atoms with Crippen molar-refractivity contribution >= 4 is 18.0 Å². The smallest absolute Gasteiger partial charge is 0.407 e. The number of aliphatic hydroxyl groups excluding tert-OH is 1. The number of rotatable bonds is 18. The van der Waals surface area contributed by atoms with Gasteiger partial charge in [-0.15, -0.1) is 0 Å². The lowest BCUT2D eigenvalue weighted by Gasteiger charge is -2.08. The average Bonchev–Trinajstić information content (AvgIpc) is 2.63. The molecule has 1 amide bonds. The van der Waals surface area contributed by atoms with Crippen molar-refractivity contribution in [3.8, 4) is 0 Å². The fraction of sp³-hybridized carbons (Fsp3) is 0.833. The van der Waals surface area contributed by atoms with Crippen LogP contribution < -0.4 is 10.6 Å². The molecule has 0 aromatic carbocycles. The fourth-order valence-corrected chi connectivity index (χ4v) is 2.19. The van der Waals surface area contributed by atoms with Crippen molar-refractivity contribution < 1.29 is 34.1 Å². The quantitative estimate of drug-likeness (QED) is 0.204. The van der Waals surface area contributed by atoms with Gasteiger partial charge in [-0.1, -0.05) is 12.8 Å². The molecule has 27 heavy (non-hydrogen) atoms. The Labute approximate surface area is 160 Å². The van der Waals surface area contributed by atoms with Crippen LogP contribution in [0.4, 0.5) is 4.79 Å². The predicted molar refractivity (Wildman–Crippen MR) is 99.5 cm³/mol. The molecule has 0 saturated carbocycles. The van der Waals surface area contributed by atoms with E-state index in [2.05, 4.69) is 10.6 Å². The largest absolute Gasteiger partial charge is 0.481 e. The Morgan fingerprint density at radius 2 is 1.48 bits per heavy atom. The first-order valence-electron chi connectivity index (χ1n) is 9.66. The SMILES string of the molecule is O=C(O)CCCCCOC(=O)NCCOC(=O)CCNCCCCCCO. The Hall–Kier alpha value is -1.87. The lowest BCUT2D eigenvalue weighted by Crippen LogP contribution is -2.29. The summed E-state index contributed by atoms with van der Waals surface area (Å²) < 4.78 is 9.92. The van der Waals surface area contributed by atoms with Crippen LogP contribution in [0, 0.1) is 0 Å². The Morgan fingerprint density at radius 1 is 0.741 bits per heavy atom.